The van der Waals surface area contributed by atoms with Crippen molar-refractivity contribution in [2.24, 2.45) is 5.92 Å². The van der Waals surface area contributed by atoms with E-state index >= 15 is 0 Å². The summed E-state index contributed by atoms with van der Waals surface area (Å²) in [6, 6.07) is 11.7. The average molecular weight is 370 g/mol. The second-order valence-electron chi connectivity index (χ2n) is 6.82. The van der Waals surface area contributed by atoms with Crippen LogP contribution >= 0.6 is 0 Å². The van der Waals surface area contributed by atoms with E-state index in [4.69, 9.17) is 4.74 Å². The summed E-state index contributed by atoms with van der Waals surface area (Å²) in [4.78, 5) is 28.4. The van der Waals surface area contributed by atoms with Crippen molar-refractivity contribution in [1.82, 2.24) is 4.90 Å². The van der Waals surface area contributed by atoms with Crippen LogP contribution < -0.4 is 9.64 Å². The number of halogens is 1. The molecule has 27 heavy (non-hydrogen) atoms. The van der Waals surface area contributed by atoms with E-state index in [-0.39, 0.29) is 30.0 Å². The Morgan fingerprint density at radius 1 is 1.15 bits per heavy atom. The summed E-state index contributed by atoms with van der Waals surface area (Å²) in [6.07, 6.45) is 1.81. The Kier molecular flexibility index (Phi) is 5.44. The van der Waals surface area contributed by atoms with Crippen LogP contribution in [0.3, 0.4) is 0 Å². The first-order chi connectivity index (χ1) is 12.9. The van der Waals surface area contributed by atoms with E-state index in [1.807, 2.05) is 6.07 Å². The molecule has 0 aromatic heterocycles. The molecular weight excluding hydrogens is 347 g/mol. The Balaban J connectivity index is 1.79. The van der Waals surface area contributed by atoms with Gasteiger partial charge in [-0.25, -0.2) is 4.39 Å². The highest BCUT2D eigenvalue weighted by atomic mass is 19.1. The number of hydrogen-bond donors (Lipinski definition) is 0. The van der Waals surface area contributed by atoms with Gasteiger partial charge in [-0.15, -0.1) is 0 Å². The number of carbonyl (C=O) groups is 2. The van der Waals surface area contributed by atoms with Crippen molar-refractivity contribution < 1.29 is 18.7 Å². The maximum Gasteiger partial charge on any atom is 0.256 e. The highest BCUT2D eigenvalue weighted by Crippen LogP contribution is 2.33. The van der Waals surface area contributed by atoms with Gasteiger partial charge in [0.2, 0.25) is 5.91 Å². The lowest BCUT2D eigenvalue weighted by Crippen LogP contribution is -2.32. The fourth-order valence-electron chi connectivity index (χ4n) is 3.03. The molecule has 0 heterocycles. The van der Waals surface area contributed by atoms with E-state index < -0.39 is 5.82 Å². The molecule has 6 heteroatoms. The number of nitrogens with zero attached hydrogens (tertiary/aromatic N) is 2. The van der Waals surface area contributed by atoms with E-state index in [0.717, 1.165) is 12.8 Å². The Morgan fingerprint density at radius 3 is 2.48 bits per heavy atom. The molecule has 0 N–H and O–H groups in total. The van der Waals surface area contributed by atoms with Crippen molar-refractivity contribution >= 4 is 17.5 Å². The summed E-state index contributed by atoms with van der Waals surface area (Å²) >= 11 is 0. The normalized spacial score (nSPS) is 13.2. The van der Waals surface area contributed by atoms with E-state index in [0.29, 0.717) is 16.8 Å². The topological polar surface area (TPSA) is 49.9 Å². The van der Waals surface area contributed by atoms with Gasteiger partial charge in [0.1, 0.15) is 0 Å². The third-order valence-electron chi connectivity index (χ3n) is 4.74. The molecule has 2 aromatic rings. The maximum atomic E-state index is 13.9. The molecule has 5 nitrogen and oxygen atoms in total. The summed E-state index contributed by atoms with van der Waals surface area (Å²) in [5.41, 5.74) is 1.70. The summed E-state index contributed by atoms with van der Waals surface area (Å²) in [7, 11) is 4.76. The smallest absolute Gasteiger partial charge is 0.256 e. The van der Waals surface area contributed by atoms with Crippen molar-refractivity contribution in [2.75, 3.05) is 26.1 Å². The number of para-hydroxylation sites is 1. The van der Waals surface area contributed by atoms with Crippen LogP contribution in [0, 0.1) is 11.7 Å². The molecule has 0 atom stereocenters. The average Bonchev–Trinajstić information content (AvgIpc) is 3.51. The van der Waals surface area contributed by atoms with Gasteiger partial charge in [0.15, 0.2) is 11.6 Å². The quantitative estimate of drug-likeness (QED) is 0.782. The third kappa shape index (κ3) is 4.10. The van der Waals surface area contributed by atoms with Gasteiger partial charge in [-0.2, -0.15) is 0 Å². The first kappa shape index (κ1) is 18.9. The van der Waals surface area contributed by atoms with Gasteiger partial charge >= 0.3 is 0 Å². The highest BCUT2D eigenvalue weighted by Gasteiger charge is 2.33. The lowest BCUT2D eigenvalue weighted by atomic mass is 10.1. The Hall–Kier alpha value is -2.89. The predicted octanol–water partition coefficient (Wildman–Crippen LogP) is 3.48. The fourth-order valence-corrected chi connectivity index (χ4v) is 3.03. The zero-order valence-electron chi connectivity index (χ0n) is 15.7. The molecule has 0 radical (unpaired) electrons. The summed E-state index contributed by atoms with van der Waals surface area (Å²) in [5.74, 6) is -0.421. The minimum Gasteiger partial charge on any atom is -0.494 e. The zero-order valence-corrected chi connectivity index (χ0v) is 15.7. The van der Waals surface area contributed by atoms with E-state index in [9.17, 15) is 14.0 Å². The summed E-state index contributed by atoms with van der Waals surface area (Å²) in [5, 5.41) is 0. The van der Waals surface area contributed by atoms with E-state index in [2.05, 4.69) is 0 Å². The van der Waals surface area contributed by atoms with Gasteiger partial charge in [0.05, 0.1) is 18.4 Å². The van der Waals surface area contributed by atoms with Gasteiger partial charge in [-0.1, -0.05) is 18.2 Å². The van der Waals surface area contributed by atoms with Crippen LogP contribution in [0.1, 0.15) is 28.8 Å². The second-order valence-corrected chi connectivity index (χ2v) is 6.82. The number of anilines is 1. The van der Waals surface area contributed by atoms with Crippen LogP contribution in [0.15, 0.2) is 42.5 Å². The number of methoxy groups -OCH3 is 1. The Morgan fingerprint density at radius 2 is 1.85 bits per heavy atom. The number of rotatable bonds is 6. The van der Waals surface area contributed by atoms with E-state index in [1.54, 1.807) is 49.3 Å². The highest BCUT2D eigenvalue weighted by molar-refractivity contribution is 6.05. The lowest BCUT2D eigenvalue weighted by Gasteiger charge is -2.23. The monoisotopic (exact) mass is 370 g/mol. The predicted molar refractivity (Wildman–Crippen MR) is 101 cm³/mol. The molecule has 0 bridgehead atoms. The minimum atomic E-state index is -0.467. The van der Waals surface area contributed by atoms with Crippen molar-refractivity contribution in [1.29, 1.82) is 0 Å². The number of benzene rings is 2. The maximum absolute atomic E-state index is 13.9. The molecular formula is C21H23FN2O3. The SMILES string of the molecule is COc1ccc(CN(C)C(=O)c2ccccc2N(C)C(=O)C2CC2)cc1F. The van der Waals surface area contributed by atoms with Crippen LogP contribution in [-0.4, -0.2) is 37.9 Å². The van der Waals surface area contributed by atoms with Crippen LogP contribution in [-0.2, 0) is 11.3 Å². The molecule has 0 spiro atoms. The second kappa shape index (κ2) is 7.78. The van der Waals surface area contributed by atoms with Gasteiger partial charge in [0, 0.05) is 26.6 Å². The molecule has 0 aliphatic heterocycles. The largest absolute Gasteiger partial charge is 0.494 e. The molecule has 1 aliphatic rings. The molecule has 1 fully saturated rings. The van der Waals surface area contributed by atoms with E-state index in [1.165, 1.54) is 18.1 Å². The molecule has 1 aliphatic carbocycles. The van der Waals surface area contributed by atoms with Crippen LogP contribution in [0.2, 0.25) is 0 Å². The lowest BCUT2D eigenvalue weighted by molar-refractivity contribution is -0.119. The number of amides is 2. The first-order valence-corrected chi connectivity index (χ1v) is 8.87. The van der Waals surface area contributed by atoms with Gasteiger partial charge in [-0.3, -0.25) is 9.59 Å². The number of hydrogen-bond acceptors (Lipinski definition) is 3. The van der Waals surface area contributed by atoms with Crippen LogP contribution in [0.4, 0.5) is 10.1 Å². The van der Waals surface area contributed by atoms with Crippen LogP contribution in [0.25, 0.3) is 0 Å². The number of carbonyl (C=O) groups excluding carboxylic acids is 2. The number of ether oxygens (including phenoxy) is 1. The minimum absolute atomic E-state index is 0.0372. The molecule has 0 unspecified atom stereocenters. The van der Waals surface area contributed by atoms with Crippen molar-refractivity contribution in [3.63, 3.8) is 0 Å². The van der Waals surface area contributed by atoms with Gasteiger partial charge in [-0.05, 0) is 42.7 Å². The fraction of sp³-hybridized carbons (Fsp3) is 0.333. The zero-order chi connectivity index (χ0) is 19.6. The van der Waals surface area contributed by atoms with Gasteiger partial charge in [0.25, 0.3) is 5.91 Å². The van der Waals surface area contributed by atoms with Gasteiger partial charge < -0.3 is 14.5 Å². The Labute approximate surface area is 158 Å². The molecule has 2 aromatic carbocycles. The third-order valence-corrected chi connectivity index (χ3v) is 4.74. The summed E-state index contributed by atoms with van der Waals surface area (Å²) < 4.78 is 18.8. The standard InChI is InChI=1S/C21H23FN2O3/c1-23(13-14-8-11-19(27-3)17(22)12-14)21(26)16-6-4-5-7-18(16)24(2)20(25)15-9-10-15/h4-8,11-12,15H,9-10,13H2,1-3H3. The van der Waals surface area contributed by atoms with Crippen molar-refractivity contribution in [3.8, 4) is 5.75 Å². The molecule has 2 amide bonds. The molecule has 142 valence electrons. The molecule has 0 saturated heterocycles. The molecule has 1 saturated carbocycles. The Bertz CT molecular complexity index is 864. The van der Waals surface area contributed by atoms with Crippen LogP contribution in [0.5, 0.6) is 5.75 Å². The summed E-state index contributed by atoms with van der Waals surface area (Å²) in [6.45, 7) is 0.244. The van der Waals surface area contributed by atoms with Crippen molar-refractivity contribution in [3.05, 3.63) is 59.4 Å². The van der Waals surface area contributed by atoms with Crippen molar-refractivity contribution in [2.45, 2.75) is 19.4 Å². The molecule has 3 rings (SSSR count). The first-order valence-electron chi connectivity index (χ1n) is 8.87.